The van der Waals surface area contributed by atoms with Crippen LogP contribution in [0, 0.1) is 23.2 Å². The maximum atomic E-state index is 8.77. The summed E-state index contributed by atoms with van der Waals surface area (Å²) in [4.78, 5) is 5.52. The minimum atomic E-state index is 0.639. The van der Waals surface area contributed by atoms with Gasteiger partial charge in [-0.2, -0.15) is 5.26 Å². The van der Waals surface area contributed by atoms with E-state index in [1.165, 1.54) is 50.9 Å². The normalized spacial score (nSPS) is 33.6. The van der Waals surface area contributed by atoms with Crippen LogP contribution >= 0.6 is 0 Å². The fraction of sp³-hybridized carbons (Fsp3) is 0.667. The molecule has 0 amide bonds. The fourth-order valence-electron chi connectivity index (χ4n) is 5.51. The number of likely N-dealkylation sites (tertiary alicyclic amines) is 1. The van der Waals surface area contributed by atoms with Gasteiger partial charge in [0.05, 0.1) is 6.07 Å². The topological polar surface area (TPSA) is 30.3 Å². The molecular formula is C21H29N3. The van der Waals surface area contributed by atoms with Gasteiger partial charge in [-0.1, -0.05) is 30.3 Å². The van der Waals surface area contributed by atoms with Crippen LogP contribution in [0.1, 0.15) is 50.1 Å². The van der Waals surface area contributed by atoms with E-state index in [2.05, 4.69) is 46.2 Å². The van der Waals surface area contributed by atoms with Gasteiger partial charge >= 0.3 is 0 Å². The number of unbranched alkanes of at least 4 members (excludes halogenated alkanes) is 1. The maximum Gasteiger partial charge on any atom is 0.0622 e. The van der Waals surface area contributed by atoms with E-state index < -0.39 is 0 Å². The molecule has 1 aromatic rings. The largest absolute Gasteiger partial charge is 0.303 e. The van der Waals surface area contributed by atoms with Crippen molar-refractivity contribution in [2.75, 3.05) is 26.2 Å². The number of nitrogens with zero attached hydrogens (tertiary/aromatic N) is 3. The Morgan fingerprint density at radius 3 is 2.79 bits per heavy atom. The molecule has 128 valence electrons. The van der Waals surface area contributed by atoms with Crippen molar-refractivity contribution in [3.63, 3.8) is 0 Å². The van der Waals surface area contributed by atoms with E-state index in [0.717, 1.165) is 30.8 Å². The van der Waals surface area contributed by atoms with Gasteiger partial charge in [0.25, 0.3) is 0 Å². The first kappa shape index (κ1) is 16.1. The van der Waals surface area contributed by atoms with Crippen LogP contribution in [0.5, 0.6) is 0 Å². The van der Waals surface area contributed by atoms with Gasteiger partial charge in [0, 0.05) is 38.1 Å². The molecule has 3 aliphatic rings. The third-order valence-corrected chi connectivity index (χ3v) is 6.41. The molecule has 0 aliphatic carbocycles. The molecule has 0 saturated carbocycles. The summed E-state index contributed by atoms with van der Waals surface area (Å²) in [6, 6.07) is 14.9. The van der Waals surface area contributed by atoms with Crippen molar-refractivity contribution in [1.29, 1.82) is 5.26 Å². The molecular weight excluding hydrogens is 294 g/mol. The summed E-state index contributed by atoms with van der Waals surface area (Å²) in [6.45, 7) is 4.89. The van der Waals surface area contributed by atoms with Gasteiger partial charge in [-0.3, -0.25) is 4.90 Å². The third-order valence-electron chi connectivity index (χ3n) is 6.41. The summed E-state index contributed by atoms with van der Waals surface area (Å²) in [5.41, 5.74) is 1.52. The average molecular weight is 323 g/mol. The molecule has 3 heterocycles. The second-order valence-electron chi connectivity index (χ2n) is 8.00. The number of fused-ring (bicyclic) bond motifs is 4. The molecule has 3 nitrogen and oxygen atoms in total. The summed E-state index contributed by atoms with van der Waals surface area (Å²) >= 11 is 0. The number of hydrogen-bond donors (Lipinski definition) is 0. The van der Waals surface area contributed by atoms with Gasteiger partial charge in [-0.25, -0.2) is 0 Å². The molecule has 3 aliphatic heterocycles. The Morgan fingerprint density at radius 2 is 1.96 bits per heavy atom. The quantitative estimate of drug-likeness (QED) is 0.789. The standard InChI is InChI=1S/C21H29N3/c22-11-4-5-12-23-14-17-13-19(16-23)21-10-6-9-20(24(21)15-17)18-7-2-1-3-8-18/h1-3,7-8,17,19-21H,4-6,9-10,12-16H2/t17-,19+,20+,21-/m0/s1. The molecule has 24 heavy (non-hydrogen) atoms. The van der Waals surface area contributed by atoms with Crippen LogP contribution in [-0.4, -0.2) is 42.0 Å². The predicted octanol–water partition coefficient (Wildman–Crippen LogP) is 3.84. The van der Waals surface area contributed by atoms with E-state index in [1.807, 2.05) is 0 Å². The number of benzene rings is 1. The Morgan fingerprint density at radius 1 is 1.08 bits per heavy atom. The second-order valence-corrected chi connectivity index (χ2v) is 8.00. The minimum absolute atomic E-state index is 0.639. The van der Waals surface area contributed by atoms with Crippen LogP contribution in [0.25, 0.3) is 0 Å². The zero-order valence-electron chi connectivity index (χ0n) is 14.6. The second kappa shape index (κ2) is 7.25. The van der Waals surface area contributed by atoms with E-state index in [-0.39, 0.29) is 0 Å². The van der Waals surface area contributed by atoms with Crippen molar-refractivity contribution in [3.8, 4) is 6.07 Å². The van der Waals surface area contributed by atoms with Gasteiger partial charge in [0.2, 0.25) is 0 Å². The van der Waals surface area contributed by atoms with Crippen LogP contribution in [0.2, 0.25) is 0 Å². The Labute approximate surface area is 146 Å². The molecule has 0 spiro atoms. The van der Waals surface area contributed by atoms with Crippen molar-refractivity contribution in [2.24, 2.45) is 11.8 Å². The Bertz CT molecular complexity index is 578. The summed E-state index contributed by atoms with van der Waals surface area (Å²) in [5.74, 6) is 1.66. The zero-order valence-corrected chi connectivity index (χ0v) is 14.6. The lowest BCUT2D eigenvalue weighted by molar-refractivity contribution is -0.0573. The smallest absolute Gasteiger partial charge is 0.0622 e. The van der Waals surface area contributed by atoms with Crippen molar-refractivity contribution < 1.29 is 0 Å². The molecule has 0 N–H and O–H groups in total. The van der Waals surface area contributed by atoms with E-state index in [9.17, 15) is 0 Å². The van der Waals surface area contributed by atoms with Crippen LogP contribution < -0.4 is 0 Å². The Balaban J connectivity index is 1.47. The van der Waals surface area contributed by atoms with Gasteiger partial charge in [0.1, 0.15) is 0 Å². The molecule has 3 heteroatoms. The highest BCUT2D eigenvalue weighted by Crippen LogP contribution is 2.44. The Kier molecular flexibility index (Phi) is 4.87. The molecule has 4 atom stereocenters. The van der Waals surface area contributed by atoms with Crippen molar-refractivity contribution in [2.45, 2.75) is 50.6 Å². The Hall–Kier alpha value is -1.37. The lowest BCUT2D eigenvalue weighted by atomic mass is 9.74. The lowest BCUT2D eigenvalue weighted by Gasteiger charge is -2.55. The van der Waals surface area contributed by atoms with Crippen molar-refractivity contribution >= 4 is 0 Å². The number of hydrogen-bond acceptors (Lipinski definition) is 3. The SMILES string of the molecule is N#CCCCN1C[C@@H]2C[C@H](C1)[C@@H]1CCC[C@H](c3ccccc3)N1C2. The lowest BCUT2D eigenvalue weighted by Crippen LogP contribution is -2.59. The van der Waals surface area contributed by atoms with E-state index in [1.54, 1.807) is 0 Å². The molecule has 4 rings (SSSR count). The van der Waals surface area contributed by atoms with Gasteiger partial charge in [-0.05, 0) is 56.0 Å². The fourth-order valence-corrected chi connectivity index (χ4v) is 5.51. The van der Waals surface area contributed by atoms with Gasteiger partial charge < -0.3 is 4.90 Å². The first-order chi connectivity index (χ1) is 11.8. The molecule has 0 aromatic heterocycles. The van der Waals surface area contributed by atoms with E-state index in [0.29, 0.717) is 12.5 Å². The molecule has 2 bridgehead atoms. The molecule has 3 saturated heterocycles. The molecule has 0 radical (unpaired) electrons. The first-order valence-corrected chi connectivity index (χ1v) is 9.75. The summed E-state index contributed by atoms with van der Waals surface area (Å²) in [6.07, 6.45) is 7.25. The number of nitriles is 1. The maximum absolute atomic E-state index is 8.77. The zero-order chi connectivity index (χ0) is 16.4. The van der Waals surface area contributed by atoms with Crippen molar-refractivity contribution in [3.05, 3.63) is 35.9 Å². The summed E-state index contributed by atoms with van der Waals surface area (Å²) in [5, 5.41) is 8.77. The minimum Gasteiger partial charge on any atom is -0.303 e. The van der Waals surface area contributed by atoms with Crippen LogP contribution in [-0.2, 0) is 0 Å². The first-order valence-electron chi connectivity index (χ1n) is 9.75. The van der Waals surface area contributed by atoms with Crippen LogP contribution in [0.15, 0.2) is 30.3 Å². The highest BCUT2D eigenvalue weighted by molar-refractivity contribution is 5.20. The molecule has 3 fully saturated rings. The van der Waals surface area contributed by atoms with Crippen LogP contribution in [0.4, 0.5) is 0 Å². The van der Waals surface area contributed by atoms with Gasteiger partial charge in [0.15, 0.2) is 0 Å². The average Bonchev–Trinajstić information content (AvgIpc) is 2.62. The summed E-state index contributed by atoms with van der Waals surface area (Å²) in [7, 11) is 0. The highest BCUT2D eigenvalue weighted by atomic mass is 15.3. The van der Waals surface area contributed by atoms with Gasteiger partial charge in [-0.15, -0.1) is 0 Å². The number of piperidine rings is 3. The summed E-state index contributed by atoms with van der Waals surface area (Å²) < 4.78 is 0. The monoisotopic (exact) mass is 323 g/mol. The predicted molar refractivity (Wildman–Crippen MR) is 96.4 cm³/mol. The molecule has 0 unspecified atom stereocenters. The highest BCUT2D eigenvalue weighted by Gasteiger charge is 2.44. The number of rotatable bonds is 4. The molecule has 1 aromatic carbocycles. The van der Waals surface area contributed by atoms with E-state index >= 15 is 0 Å². The van der Waals surface area contributed by atoms with Crippen molar-refractivity contribution in [1.82, 2.24) is 9.80 Å². The third kappa shape index (κ3) is 3.23. The van der Waals surface area contributed by atoms with E-state index in [4.69, 9.17) is 5.26 Å². The van der Waals surface area contributed by atoms with Crippen LogP contribution in [0.3, 0.4) is 0 Å².